The Hall–Kier alpha value is -5.24. The molecule has 0 amide bonds. The highest BCUT2D eigenvalue weighted by Gasteiger charge is 2.19. The Bertz CT molecular complexity index is 1530. The van der Waals surface area contributed by atoms with E-state index >= 15 is 0 Å². The Labute approximate surface area is 206 Å². The molecule has 0 saturated carbocycles. The minimum atomic E-state index is 0.751. The highest BCUT2D eigenvalue weighted by atomic mass is 15.1. The number of hydrogen-bond acceptors (Lipinski definition) is 6. The summed E-state index contributed by atoms with van der Waals surface area (Å²) in [7, 11) is 0. The van der Waals surface area contributed by atoms with Gasteiger partial charge in [-0.05, 0) is 84.0 Å². The lowest BCUT2D eigenvalue weighted by Gasteiger charge is -2.10. The lowest BCUT2D eigenvalue weighted by molar-refractivity contribution is 1.27. The van der Waals surface area contributed by atoms with Crippen LogP contribution in [0.4, 0.5) is 11.6 Å². The third-order valence-electron chi connectivity index (χ3n) is 6.17. The number of amidine groups is 2. The smallest absolute Gasteiger partial charge is 0.132 e. The summed E-state index contributed by atoms with van der Waals surface area (Å²) >= 11 is 0. The van der Waals surface area contributed by atoms with Crippen molar-refractivity contribution in [3.63, 3.8) is 0 Å². The van der Waals surface area contributed by atoms with E-state index in [1.807, 2.05) is 72.8 Å². The van der Waals surface area contributed by atoms with Gasteiger partial charge in [0.1, 0.15) is 23.3 Å². The Kier molecular flexibility index (Phi) is 4.60. The number of H-pyrrole nitrogens is 2. The minimum Gasteiger partial charge on any atom is -0.341 e. The molecular formula is C28H20N8. The number of pyridine rings is 2. The molecular weight excluding hydrogens is 448 g/mol. The van der Waals surface area contributed by atoms with Crippen molar-refractivity contribution in [3.8, 4) is 0 Å². The average Bonchev–Trinajstić information content (AvgIpc) is 3.72. The summed E-state index contributed by atoms with van der Waals surface area (Å²) < 4.78 is 0. The molecule has 8 bridgehead atoms. The van der Waals surface area contributed by atoms with Crippen LogP contribution >= 0.6 is 0 Å². The maximum absolute atomic E-state index is 4.90. The lowest BCUT2D eigenvalue weighted by Crippen LogP contribution is -2.08. The molecule has 0 saturated heterocycles. The van der Waals surface area contributed by atoms with Gasteiger partial charge in [-0.25, -0.2) is 9.98 Å². The first-order valence-corrected chi connectivity index (χ1v) is 11.6. The van der Waals surface area contributed by atoms with E-state index < -0.39 is 0 Å². The van der Waals surface area contributed by atoms with Gasteiger partial charge in [0.15, 0.2) is 0 Å². The van der Waals surface area contributed by atoms with Crippen LogP contribution in [0.25, 0.3) is 11.1 Å². The van der Waals surface area contributed by atoms with Crippen molar-refractivity contribution < 1.29 is 0 Å². The van der Waals surface area contributed by atoms with Crippen LogP contribution in [-0.2, 0) is 0 Å². The van der Waals surface area contributed by atoms with E-state index in [-0.39, 0.29) is 0 Å². The number of aromatic amines is 2. The predicted molar refractivity (Wildman–Crippen MR) is 142 cm³/mol. The zero-order chi connectivity index (χ0) is 23.9. The van der Waals surface area contributed by atoms with Crippen LogP contribution in [0.1, 0.15) is 22.5 Å². The zero-order valence-corrected chi connectivity index (χ0v) is 19.0. The molecule has 0 aliphatic carbocycles. The summed E-state index contributed by atoms with van der Waals surface area (Å²) in [5.74, 6) is 3.18. The first-order chi connectivity index (χ1) is 17.8. The first kappa shape index (κ1) is 20.2. The third kappa shape index (κ3) is 3.57. The zero-order valence-electron chi connectivity index (χ0n) is 19.0. The van der Waals surface area contributed by atoms with Crippen LogP contribution in [0.15, 0.2) is 119 Å². The molecule has 4 aromatic heterocycles. The molecule has 7 rings (SSSR count). The van der Waals surface area contributed by atoms with Crippen molar-refractivity contribution in [1.29, 1.82) is 0 Å². The number of nitrogens with one attached hydrogen (secondary N) is 4. The molecule has 0 fully saturated rings. The van der Waals surface area contributed by atoms with Crippen molar-refractivity contribution in [2.24, 2.45) is 9.98 Å². The van der Waals surface area contributed by atoms with E-state index in [9.17, 15) is 0 Å². The van der Waals surface area contributed by atoms with E-state index in [1.165, 1.54) is 0 Å². The quantitative estimate of drug-likeness (QED) is 0.327. The normalized spacial score (nSPS) is 16.1. The fourth-order valence-corrected chi connectivity index (χ4v) is 4.57. The molecule has 0 aromatic carbocycles. The van der Waals surface area contributed by atoms with Crippen LogP contribution in [0.2, 0.25) is 0 Å². The topological polar surface area (TPSA) is 106 Å². The molecule has 7 heterocycles. The van der Waals surface area contributed by atoms with E-state index in [1.54, 1.807) is 24.8 Å². The van der Waals surface area contributed by atoms with Crippen molar-refractivity contribution in [2.75, 3.05) is 10.6 Å². The van der Waals surface area contributed by atoms with Crippen molar-refractivity contribution in [3.05, 3.63) is 132 Å². The van der Waals surface area contributed by atoms with Gasteiger partial charge in [-0.15, -0.1) is 0 Å². The molecule has 8 nitrogen and oxygen atoms in total. The summed E-state index contributed by atoms with van der Waals surface area (Å²) in [4.78, 5) is 25.1. The second-order valence-electron chi connectivity index (χ2n) is 8.47. The van der Waals surface area contributed by atoms with Gasteiger partial charge < -0.3 is 20.6 Å². The molecule has 4 N–H and O–H groups in total. The summed E-state index contributed by atoms with van der Waals surface area (Å²) in [6, 6.07) is 16.1. The molecule has 0 atom stereocenters. The van der Waals surface area contributed by atoms with E-state index in [0.717, 1.165) is 68.4 Å². The number of aromatic nitrogens is 4. The second kappa shape index (κ2) is 8.21. The Balaban J connectivity index is 1.40. The number of rotatable bonds is 2. The average molecular weight is 469 g/mol. The highest BCUT2D eigenvalue weighted by molar-refractivity contribution is 6.09. The molecule has 0 unspecified atom stereocenters. The van der Waals surface area contributed by atoms with Crippen molar-refractivity contribution in [2.45, 2.75) is 0 Å². The SMILES string of the molecule is C1=CC2=C(c3ccncc3)c3ccc([nH]3)NC3=NC(=C(c4ccncc4)c4ccc([nH]4)NC1=N2)C=C3. The van der Waals surface area contributed by atoms with Crippen LogP contribution in [0.5, 0.6) is 0 Å². The number of allylic oxidation sites excluding steroid dienone is 2. The molecule has 0 radical (unpaired) electrons. The Morgan fingerprint density at radius 3 is 1.36 bits per heavy atom. The van der Waals surface area contributed by atoms with Crippen molar-refractivity contribution in [1.82, 2.24) is 19.9 Å². The summed E-state index contributed by atoms with van der Waals surface area (Å²) in [6.45, 7) is 0. The van der Waals surface area contributed by atoms with Gasteiger partial charge in [0.05, 0.1) is 11.4 Å². The van der Waals surface area contributed by atoms with E-state index in [0.29, 0.717) is 0 Å². The first-order valence-electron chi connectivity index (χ1n) is 11.6. The summed E-state index contributed by atoms with van der Waals surface area (Å²) in [5.41, 5.74) is 7.62. The molecule has 3 aliphatic rings. The lowest BCUT2D eigenvalue weighted by atomic mass is 10.0. The van der Waals surface area contributed by atoms with Gasteiger partial charge in [-0.2, -0.15) is 0 Å². The number of hydrogen-bond donors (Lipinski definition) is 4. The third-order valence-corrected chi connectivity index (χ3v) is 6.17. The molecule has 4 aromatic rings. The molecule has 36 heavy (non-hydrogen) atoms. The van der Waals surface area contributed by atoms with Gasteiger partial charge in [0, 0.05) is 47.3 Å². The minimum absolute atomic E-state index is 0.751. The number of fused-ring (bicyclic) bond motifs is 6. The number of nitrogens with zero attached hydrogens (tertiary/aromatic N) is 4. The van der Waals surface area contributed by atoms with Crippen LogP contribution < -0.4 is 10.6 Å². The highest BCUT2D eigenvalue weighted by Crippen LogP contribution is 2.33. The van der Waals surface area contributed by atoms with Gasteiger partial charge in [0.2, 0.25) is 0 Å². The second-order valence-corrected chi connectivity index (χ2v) is 8.47. The maximum atomic E-state index is 4.90. The molecule has 172 valence electrons. The molecule has 0 spiro atoms. The fourth-order valence-electron chi connectivity index (χ4n) is 4.57. The standard InChI is InChI=1S/C28H20N8/c1-5-23-31-19(1)27(17-9-13-29-14-10-17)20-2-6-25(32-20)36-26-8-4-22(34-26)28(18-11-15-30-16-12-18)21-3-7-24(33-21)35-23/h1-16H,(H2,31,33,35)(H2,32,34,36). The van der Waals surface area contributed by atoms with Gasteiger partial charge in [-0.1, -0.05) is 0 Å². The van der Waals surface area contributed by atoms with Gasteiger partial charge in [0.25, 0.3) is 0 Å². The number of aliphatic imine (C=N–C) groups is 2. The van der Waals surface area contributed by atoms with E-state index in [4.69, 9.17) is 9.98 Å². The Morgan fingerprint density at radius 1 is 0.472 bits per heavy atom. The largest absolute Gasteiger partial charge is 0.341 e. The van der Waals surface area contributed by atoms with Crippen LogP contribution in [0.3, 0.4) is 0 Å². The summed E-state index contributed by atoms with van der Waals surface area (Å²) in [6.07, 6.45) is 15.2. The molecule has 3 aliphatic heterocycles. The van der Waals surface area contributed by atoms with Crippen molar-refractivity contribution >= 4 is 34.5 Å². The maximum Gasteiger partial charge on any atom is 0.132 e. The van der Waals surface area contributed by atoms with Crippen LogP contribution in [-0.4, -0.2) is 31.6 Å². The Morgan fingerprint density at radius 2 is 0.917 bits per heavy atom. The predicted octanol–water partition coefficient (Wildman–Crippen LogP) is 5.13. The van der Waals surface area contributed by atoms with E-state index in [2.05, 4.69) is 30.6 Å². The summed E-state index contributed by atoms with van der Waals surface area (Å²) in [5, 5.41) is 6.82. The fraction of sp³-hybridized carbons (Fsp3) is 0. The molecule has 8 heteroatoms. The number of anilines is 2. The van der Waals surface area contributed by atoms with Gasteiger partial charge in [-0.3, -0.25) is 9.97 Å². The monoisotopic (exact) mass is 468 g/mol. The van der Waals surface area contributed by atoms with Gasteiger partial charge >= 0.3 is 0 Å². The van der Waals surface area contributed by atoms with Crippen LogP contribution in [0, 0.1) is 0 Å².